The molecule has 5 atom stereocenters. The number of anilines is 2. The summed E-state index contributed by atoms with van der Waals surface area (Å²) in [5.74, 6) is -1.38. The number of aryl methyl sites for hydroxylation is 1. The predicted octanol–water partition coefficient (Wildman–Crippen LogP) is 1.95. The van der Waals surface area contributed by atoms with Crippen molar-refractivity contribution in [2.75, 3.05) is 17.2 Å². The normalized spacial score (nSPS) is 26.6. The molecule has 1 saturated heterocycles. The van der Waals surface area contributed by atoms with Gasteiger partial charge in [0.15, 0.2) is 5.60 Å². The molecule has 10 nitrogen and oxygen atoms in total. The fourth-order valence-corrected chi connectivity index (χ4v) is 7.94. The van der Waals surface area contributed by atoms with E-state index in [0.29, 0.717) is 42.0 Å². The van der Waals surface area contributed by atoms with Gasteiger partial charge in [-0.25, -0.2) is 0 Å². The molecule has 1 fully saturated rings. The third-order valence-corrected chi connectivity index (χ3v) is 9.42. The molecule has 2 amide bonds. The molecule has 2 aliphatic heterocycles. The maximum absolute atomic E-state index is 15.7. The first-order valence-electron chi connectivity index (χ1n) is 11.8. The predicted molar refractivity (Wildman–Crippen MR) is 129 cm³/mol. The van der Waals surface area contributed by atoms with E-state index in [4.69, 9.17) is 9.84 Å². The summed E-state index contributed by atoms with van der Waals surface area (Å²) in [5, 5.41) is 32.2. The molecule has 12 heteroatoms. The van der Waals surface area contributed by atoms with E-state index in [0.717, 1.165) is 0 Å². The number of fused-ring (bicyclic) bond motifs is 2. The van der Waals surface area contributed by atoms with Crippen LogP contribution >= 0.6 is 0 Å². The second-order valence-corrected chi connectivity index (χ2v) is 13.7. The van der Waals surface area contributed by atoms with Gasteiger partial charge in [0.05, 0.1) is 11.8 Å². The molecule has 0 radical (unpaired) electrons. The number of aromatic nitrogens is 3. The van der Waals surface area contributed by atoms with Crippen molar-refractivity contribution >= 4 is 31.6 Å². The maximum atomic E-state index is 15.7. The minimum atomic E-state index is -3.28. The van der Waals surface area contributed by atoms with Crippen molar-refractivity contribution < 1.29 is 28.6 Å². The fraction of sp³-hybridized carbons (Fsp3) is 0.565. The number of hydrogen-bond donors (Lipinski definition) is 4. The summed E-state index contributed by atoms with van der Waals surface area (Å²) in [6, 6.07) is 4.97. The average molecular weight is 506 g/mol. The molecule has 4 N–H and O–H groups in total. The Morgan fingerprint density at radius 3 is 2.83 bits per heavy atom. The monoisotopic (exact) mass is 505 g/mol. The Hall–Kier alpha value is -2.67. The fourth-order valence-electron chi connectivity index (χ4n) is 5.40. The number of carbonyl (C=O) groups is 2. The number of aliphatic hydroxyl groups excluding tert-OH is 2. The van der Waals surface area contributed by atoms with Crippen molar-refractivity contribution in [3.05, 3.63) is 35.7 Å². The molecule has 1 aromatic heterocycles. The SMILES string of the molecule is C[C@H](O)C(=O)Nc1ccc2c(c1)[C@@]1(O[C@H](CCn3cc(CCO)nn3)[C@@H]([Si](C)(C)F)[C@@H]1C)C(=O)N2. The highest BCUT2D eigenvalue weighted by atomic mass is 28.4. The van der Waals surface area contributed by atoms with Gasteiger partial charge in [0.2, 0.25) is 8.41 Å². The molecule has 35 heavy (non-hydrogen) atoms. The number of aliphatic hydroxyl groups is 2. The molecule has 0 unspecified atom stereocenters. The number of hydrogen-bond acceptors (Lipinski definition) is 7. The standard InChI is InChI=1S/C23H32FN5O5Si/c1-13-20(35(3,4)24)19(7-9-29-12-16(8-10-30)27-28-29)34-23(13)17-11-15(25-21(32)14(2)31)5-6-18(17)26-22(23)33/h5-6,11-14,19-20,30-31H,7-10H2,1-4H3,(H,25,32)(H,26,33)/t13-,14-,19+,20-,23+/m0/s1. The van der Waals surface area contributed by atoms with Crippen molar-refractivity contribution in [3.8, 4) is 0 Å². The van der Waals surface area contributed by atoms with Gasteiger partial charge < -0.3 is 29.7 Å². The quantitative estimate of drug-likeness (QED) is 0.318. The van der Waals surface area contributed by atoms with Crippen LogP contribution < -0.4 is 10.6 Å². The van der Waals surface area contributed by atoms with Gasteiger partial charge in [0.1, 0.15) is 6.10 Å². The first-order chi connectivity index (χ1) is 16.5. The number of nitrogens with one attached hydrogen (secondary N) is 2. The number of ether oxygens (including phenoxy) is 1. The highest BCUT2D eigenvalue weighted by Crippen LogP contribution is 2.59. The molecule has 2 aromatic rings. The molecule has 0 bridgehead atoms. The van der Waals surface area contributed by atoms with Crippen molar-refractivity contribution in [3.63, 3.8) is 0 Å². The van der Waals surface area contributed by atoms with Gasteiger partial charge >= 0.3 is 0 Å². The van der Waals surface area contributed by atoms with Crippen LogP contribution in [0.5, 0.6) is 0 Å². The minimum Gasteiger partial charge on any atom is -0.396 e. The van der Waals surface area contributed by atoms with E-state index in [1.807, 2.05) is 6.92 Å². The zero-order chi connectivity index (χ0) is 25.5. The summed E-state index contributed by atoms with van der Waals surface area (Å²) in [5.41, 5.74) is 0.330. The number of carbonyl (C=O) groups excluding carboxylic acids is 2. The Balaban J connectivity index is 1.65. The van der Waals surface area contributed by atoms with Crippen LogP contribution in [0.25, 0.3) is 0 Å². The van der Waals surface area contributed by atoms with Crippen LogP contribution in [0.1, 0.15) is 31.5 Å². The number of amides is 2. The molecular formula is C23H32FN5O5Si. The molecule has 0 saturated carbocycles. The number of benzene rings is 1. The smallest absolute Gasteiger partial charge is 0.261 e. The second kappa shape index (κ2) is 9.41. The van der Waals surface area contributed by atoms with Crippen LogP contribution in [0, 0.1) is 5.92 Å². The first kappa shape index (κ1) is 25.4. The number of rotatable bonds is 8. The Morgan fingerprint density at radius 2 is 2.17 bits per heavy atom. The van der Waals surface area contributed by atoms with Gasteiger partial charge in [0.25, 0.3) is 11.8 Å². The van der Waals surface area contributed by atoms with E-state index < -0.39 is 43.6 Å². The third kappa shape index (κ3) is 4.62. The zero-order valence-corrected chi connectivity index (χ0v) is 21.3. The molecule has 1 aromatic carbocycles. The molecule has 1 spiro atoms. The van der Waals surface area contributed by atoms with Crippen LogP contribution in [-0.4, -0.2) is 64.2 Å². The van der Waals surface area contributed by atoms with E-state index in [1.165, 1.54) is 6.92 Å². The van der Waals surface area contributed by atoms with Crippen LogP contribution in [0.4, 0.5) is 15.5 Å². The summed E-state index contributed by atoms with van der Waals surface area (Å²) in [7, 11) is -3.28. The van der Waals surface area contributed by atoms with Gasteiger partial charge in [0, 0.05) is 54.2 Å². The minimum absolute atomic E-state index is 0.0254. The van der Waals surface area contributed by atoms with Gasteiger partial charge in [-0.1, -0.05) is 12.1 Å². The van der Waals surface area contributed by atoms with Crippen molar-refractivity contribution in [1.82, 2.24) is 15.0 Å². The van der Waals surface area contributed by atoms with E-state index in [9.17, 15) is 14.7 Å². The first-order valence-corrected chi connectivity index (χ1v) is 14.7. The topological polar surface area (TPSA) is 139 Å². The molecule has 190 valence electrons. The molecule has 0 aliphatic carbocycles. The van der Waals surface area contributed by atoms with Gasteiger partial charge in [-0.05, 0) is 44.6 Å². The largest absolute Gasteiger partial charge is 0.396 e. The van der Waals surface area contributed by atoms with Gasteiger partial charge in [-0.15, -0.1) is 5.10 Å². The lowest BCUT2D eigenvalue weighted by Crippen LogP contribution is -2.42. The maximum Gasteiger partial charge on any atom is 0.261 e. The lowest BCUT2D eigenvalue weighted by molar-refractivity contribution is -0.143. The number of nitrogens with zero attached hydrogens (tertiary/aromatic N) is 3. The van der Waals surface area contributed by atoms with Crippen LogP contribution in [0.15, 0.2) is 24.4 Å². The third-order valence-electron chi connectivity index (χ3n) is 6.96. The van der Waals surface area contributed by atoms with Crippen molar-refractivity contribution in [2.45, 2.75) is 69.7 Å². The summed E-state index contributed by atoms with van der Waals surface area (Å²) in [6.07, 6.45) is 0.847. The average Bonchev–Trinajstić information content (AvgIpc) is 3.42. The zero-order valence-electron chi connectivity index (χ0n) is 20.3. The van der Waals surface area contributed by atoms with Crippen LogP contribution in [-0.2, 0) is 32.9 Å². The second-order valence-electron chi connectivity index (χ2n) is 9.89. The molecule has 3 heterocycles. The highest BCUT2D eigenvalue weighted by Gasteiger charge is 2.65. The lowest BCUT2D eigenvalue weighted by atomic mass is 9.82. The summed E-state index contributed by atoms with van der Waals surface area (Å²) in [4.78, 5) is 25.4. The summed E-state index contributed by atoms with van der Waals surface area (Å²) in [6.45, 7) is 6.87. The highest BCUT2D eigenvalue weighted by molar-refractivity contribution is 6.72. The van der Waals surface area contributed by atoms with E-state index in [-0.39, 0.29) is 12.5 Å². The summed E-state index contributed by atoms with van der Waals surface area (Å²) >= 11 is 0. The number of halogens is 1. The summed E-state index contributed by atoms with van der Waals surface area (Å²) < 4.78 is 23.8. The Labute approximate surface area is 204 Å². The van der Waals surface area contributed by atoms with E-state index in [1.54, 1.807) is 42.2 Å². The Bertz CT molecular complexity index is 1120. The molecule has 2 aliphatic rings. The van der Waals surface area contributed by atoms with Crippen LogP contribution in [0.2, 0.25) is 18.6 Å². The van der Waals surface area contributed by atoms with Crippen molar-refractivity contribution in [1.29, 1.82) is 0 Å². The Kier molecular flexibility index (Phi) is 6.84. The van der Waals surface area contributed by atoms with Crippen LogP contribution in [0.3, 0.4) is 0 Å². The molecule has 4 rings (SSSR count). The van der Waals surface area contributed by atoms with Crippen molar-refractivity contribution in [2.24, 2.45) is 5.92 Å². The van der Waals surface area contributed by atoms with E-state index in [2.05, 4.69) is 20.9 Å². The van der Waals surface area contributed by atoms with Gasteiger partial charge in [-0.2, -0.15) is 0 Å². The van der Waals surface area contributed by atoms with Gasteiger partial charge in [-0.3, -0.25) is 14.3 Å². The molecular weight excluding hydrogens is 473 g/mol. The van der Waals surface area contributed by atoms with E-state index >= 15 is 4.11 Å². The Morgan fingerprint density at radius 1 is 1.43 bits per heavy atom. The lowest BCUT2D eigenvalue weighted by Gasteiger charge is -2.30.